The van der Waals surface area contributed by atoms with Crippen LogP contribution in [-0.4, -0.2) is 61.1 Å². The zero-order chi connectivity index (χ0) is 22.3. The van der Waals surface area contributed by atoms with Gasteiger partial charge in [-0.1, -0.05) is 0 Å². The van der Waals surface area contributed by atoms with Gasteiger partial charge in [0.1, 0.15) is 18.5 Å². The van der Waals surface area contributed by atoms with Crippen LogP contribution in [0.1, 0.15) is 32.1 Å². The molecule has 3 rings (SSSR count). The predicted molar refractivity (Wildman–Crippen MR) is 85.8 cm³/mol. The van der Waals surface area contributed by atoms with Crippen LogP contribution in [0.2, 0.25) is 0 Å². The molecule has 172 valence electrons. The molecule has 1 spiro atoms. The Morgan fingerprint density at radius 1 is 1.13 bits per heavy atom. The standard InChI is InChI=1S/C16H18F6O7S/c17-15(18,19)13(16(20,21)22)26-11(24)7-1-4-14(5-2-7)27-10-9(29-30)8(3-6-23)25-12(10)28-14/h6-10,12-13,30H,1-5H2. The second kappa shape index (κ2) is 8.45. The number of ether oxygens (including phenoxy) is 4. The van der Waals surface area contributed by atoms with Crippen LogP contribution in [0, 0.1) is 5.92 Å². The first-order valence-corrected chi connectivity index (χ1v) is 9.35. The van der Waals surface area contributed by atoms with Crippen LogP contribution >= 0.6 is 12.9 Å². The Bertz CT molecular complexity index is 635. The van der Waals surface area contributed by atoms with Gasteiger partial charge in [0, 0.05) is 19.3 Å². The topological polar surface area (TPSA) is 80.3 Å². The van der Waals surface area contributed by atoms with Gasteiger partial charge >= 0.3 is 18.3 Å². The van der Waals surface area contributed by atoms with Gasteiger partial charge in [-0.15, -0.1) is 0 Å². The number of thiol groups is 1. The molecule has 1 saturated carbocycles. The summed E-state index contributed by atoms with van der Waals surface area (Å²) < 4.78 is 101. The first kappa shape index (κ1) is 23.6. The predicted octanol–water partition coefficient (Wildman–Crippen LogP) is 2.87. The lowest BCUT2D eigenvalue weighted by molar-refractivity contribution is -0.315. The Hall–Kier alpha value is -1.09. The van der Waals surface area contributed by atoms with Gasteiger partial charge < -0.3 is 27.9 Å². The molecule has 4 atom stereocenters. The summed E-state index contributed by atoms with van der Waals surface area (Å²) in [6, 6.07) is 0. The number of rotatable bonds is 5. The molecule has 0 aromatic heterocycles. The molecular weight excluding hydrogens is 450 g/mol. The molecule has 0 N–H and O–H groups in total. The highest BCUT2D eigenvalue weighted by atomic mass is 32.1. The molecule has 4 unspecified atom stereocenters. The third kappa shape index (κ3) is 4.71. The molecule has 2 saturated heterocycles. The number of carbonyl (C=O) groups excluding carboxylic acids is 2. The lowest BCUT2D eigenvalue weighted by Crippen LogP contribution is -2.47. The third-order valence-electron chi connectivity index (χ3n) is 5.31. The van der Waals surface area contributed by atoms with Gasteiger partial charge in [-0.05, 0) is 25.8 Å². The minimum Gasteiger partial charge on any atom is -0.443 e. The highest BCUT2D eigenvalue weighted by Crippen LogP contribution is 2.48. The lowest BCUT2D eigenvalue weighted by atomic mass is 9.85. The van der Waals surface area contributed by atoms with Crippen molar-refractivity contribution >= 4 is 25.2 Å². The summed E-state index contributed by atoms with van der Waals surface area (Å²) in [5, 5.41) is 0. The van der Waals surface area contributed by atoms with E-state index < -0.39 is 60.7 Å². The molecule has 0 aromatic rings. The van der Waals surface area contributed by atoms with Gasteiger partial charge in [-0.2, -0.15) is 26.3 Å². The van der Waals surface area contributed by atoms with E-state index in [1.54, 1.807) is 0 Å². The number of esters is 1. The number of alkyl halides is 6. The molecule has 1 aliphatic carbocycles. The second-order valence-electron chi connectivity index (χ2n) is 7.30. The van der Waals surface area contributed by atoms with Crippen molar-refractivity contribution in [3.8, 4) is 0 Å². The number of halogens is 6. The monoisotopic (exact) mass is 468 g/mol. The van der Waals surface area contributed by atoms with Crippen LogP contribution in [0.25, 0.3) is 0 Å². The molecule has 0 bridgehead atoms. The van der Waals surface area contributed by atoms with E-state index >= 15 is 0 Å². The van der Waals surface area contributed by atoms with Crippen molar-refractivity contribution in [3.05, 3.63) is 0 Å². The SMILES string of the molecule is O=CCC1OC2OC3(CCC(C(=O)OC(C(F)(F)F)C(F)(F)F)CC3)OC2C1OS. The van der Waals surface area contributed by atoms with Gasteiger partial charge in [0.15, 0.2) is 12.1 Å². The van der Waals surface area contributed by atoms with E-state index in [2.05, 4.69) is 17.6 Å². The summed E-state index contributed by atoms with van der Waals surface area (Å²) in [4.78, 5) is 22.6. The van der Waals surface area contributed by atoms with E-state index in [0.29, 0.717) is 6.29 Å². The Morgan fingerprint density at radius 2 is 1.73 bits per heavy atom. The van der Waals surface area contributed by atoms with Crippen LogP contribution in [0.15, 0.2) is 0 Å². The number of fused-ring (bicyclic) bond motifs is 1. The molecule has 2 heterocycles. The van der Waals surface area contributed by atoms with E-state index in [-0.39, 0.29) is 32.1 Å². The van der Waals surface area contributed by atoms with Crippen molar-refractivity contribution in [1.82, 2.24) is 0 Å². The molecule has 14 heteroatoms. The van der Waals surface area contributed by atoms with E-state index in [1.807, 2.05) is 0 Å². The summed E-state index contributed by atoms with van der Waals surface area (Å²) in [6.07, 6.45) is -18.2. The Balaban J connectivity index is 1.58. The van der Waals surface area contributed by atoms with E-state index in [4.69, 9.17) is 18.4 Å². The summed E-state index contributed by atoms with van der Waals surface area (Å²) in [5.74, 6) is -3.98. The van der Waals surface area contributed by atoms with Crippen LogP contribution in [0.3, 0.4) is 0 Å². The summed E-state index contributed by atoms with van der Waals surface area (Å²) in [7, 11) is 0. The van der Waals surface area contributed by atoms with Gasteiger partial charge in [0.05, 0.1) is 12.0 Å². The average Bonchev–Trinajstić information content (AvgIpc) is 3.11. The highest BCUT2D eigenvalue weighted by Gasteiger charge is 2.61. The summed E-state index contributed by atoms with van der Waals surface area (Å²) in [5.41, 5.74) is 0. The van der Waals surface area contributed by atoms with Crippen LogP contribution in [-0.2, 0) is 32.7 Å². The molecule has 0 radical (unpaired) electrons. The molecule has 0 aromatic carbocycles. The van der Waals surface area contributed by atoms with E-state index in [9.17, 15) is 35.9 Å². The lowest BCUT2D eigenvalue weighted by Gasteiger charge is -2.36. The summed E-state index contributed by atoms with van der Waals surface area (Å²) >= 11 is 3.74. The first-order chi connectivity index (χ1) is 13.9. The fourth-order valence-corrected chi connectivity index (χ4v) is 4.13. The van der Waals surface area contributed by atoms with Crippen molar-refractivity contribution in [2.24, 2.45) is 5.92 Å². The van der Waals surface area contributed by atoms with Gasteiger partial charge in [0.25, 0.3) is 6.10 Å². The molecule has 0 amide bonds. The number of carbonyl (C=O) groups is 2. The third-order valence-corrected chi connectivity index (χ3v) is 5.55. The maximum absolute atomic E-state index is 12.6. The maximum atomic E-state index is 12.6. The van der Waals surface area contributed by atoms with Crippen molar-refractivity contribution < 1.29 is 59.1 Å². The van der Waals surface area contributed by atoms with Crippen molar-refractivity contribution in [2.75, 3.05) is 0 Å². The largest absolute Gasteiger partial charge is 0.443 e. The van der Waals surface area contributed by atoms with Crippen molar-refractivity contribution in [1.29, 1.82) is 0 Å². The second-order valence-corrected chi connectivity index (χ2v) is 7.51. The van der Waals surface area contributed by atoms with E-state index in [1.165, 1.54) is 0 Å². The van der Waals surface area contributed by atoms with Gasteiger partial charge in [-0.3, -0.25) is 4.79 Å². The minimum absolute atomic E-state index is 0.0173. The van der Waals surface area contributed by atoms with Gasteiger partial charge in [0.2, 0.25) is 0 Å². The summed E-state index contributed by atoms with van der Waals surface area (Å²) in [6.45, 7) is 0. The normalized spacial score (nSPS) is 36.9. The first-order valence-electron chi connectivity index (χ1n) is 8.99. The fraction of sp³-hybridized carbons (Fsp3) is 0.875. The smallest absolute Gasteiger partial charge is 0.434 e. The minimum atomic E-state index is -5.77. The Labute approximate surface area is 171 Å². The molecule has 3 aliphatic rings. The van der Waals surface area contributed by atoms with Crippen LogP contribution in [0.5, 0.6) is 0 Å². The number of aldehydes is 1. The molecule has 2 aliphatic heterocycles. The number of hydrogen-bond acceptors (Lipinski definition) is 8. The Kier molecular flexibility index (Phi) is 6.64. The zero-order valence-electron chi connectivity index (χ0n) is 15.1. The van der Waals surface area contributed by atoms with Crippen molar-refractivity contribution in [2.45, 2.75) is 80.9 Å². The molecule has 30 heavy (non-hydrogen) atoms. The fourth-order valence-electron chi connectivity index (χ4n) is 3.87. The van der Waals surface area contributed by atoms with Crippen molar-refractivity contribution in [3.63, 3.8) is 0 Å². The maximum Gasteiger partial charge on any atom is 0.434 e. The molecular formula is C16H18F6O7S. The quantitative estimate of drug-likeness (QED) is 0.219. The average molecular weight is 468 g/mol. The molecule has 7 nitrogen and oxygen atoms in total. The highest BCUT2D eigenvalue weighted by molar-refractivity contribution is 7.75. The van der Waals surface area contributed by atoms with Crippen LogP contribution in [0.4, 0.5) is 26.3 Å². The molecule has 3 fully saturated rings. The van der Waals surface area contributed by atoms with Gasteiger partial charge in [-0.25, -0.2) is 0 Å². The van der Waals surface area contributed by atoms with E-state index in [0.717, 1.165) is 0 Å². The van der Waals surface area contributed by atoms with Crippen LogP contribution < -0.4 is 0 Å². The number of hydrogen-bond donors (Lipinski definition) is 1. The zero-order valence-corrected chi connectivity index (χ0v) is 16.0. The Morgan fingerprint density at radius 3 is 2.23 bits per heavy atom.